The molecule has 0 aromatic heterocycles. The van der Waals surface area contributed by atoms with E-state index < -0.39 is 18.2 Å². The average Bonchev–Trinajstić information content (AvgIpc) is 2.30. The molecular formula is C14H28O4. The number of aliphatic carboxylic acids is 1. The number of carboxylic acids is 1. The van der Waals surface area contributed by atoms with Gasteiger partial charge in [-0.25, -0.2) is 0 Å². The quantitative estimate of drug-likeness (QED) is 0.372. The first kappa shape index (κ1) is 17.4. The van der Waals surface area contributed by atoms with Crippen molar-refractivity contribution in [2.24, 2.45) is 5.92 Å². The fraction of sp³-hybridized carbons (Fsp3) is 0.929. The van der Waals surface area contributed by atoms with Gasteiger partial charge in [-0.05, 0) is 6.42 Å². The van der Waals surface area contributed by atoms with Gasteiger partial charge in [-0.3, -0.25) is 4.79 Å². The van der Waals surface area contributed by atoms with Gasteiger partial charge in [-0.2, -0.15) is 0 Å². The molecule has 0 heterocycles. The van der Waals surface area contributed by atoms with Crippen molar-refractivity contribution in [1.29, 1.82) is 0 Å². The minimum Gasteiger partial charge on any atom is -0.481 e. The van der Waals surface area contributed by atoms with Crippen LogP contribution in [-0.2, 0) is 4.79 Å². The predicted octanol–water partition coefficient (Wildman–Crippen LogP) is 2.92. The Bertz CT molecular complexity index is 204. The van der Waals surface area contributed by atoms with Gasteiger partial charge in [0.25, 0.3) is 0 Å². The molecule has 0 aliphatic rings. The summed E-state index contributed by atoms with van der Waals surface area (Å²) in [5.74, 6) is -1.55. The van der Waals surface area contributed by atoms with E-state index in [0.29, 0.717) is 6.42 Å². The molecule has 0 aromatic carbocycles. The lowest BCUT2D eigenvalue weighted by Gasteiger charge is -2.13. The van der Waals surface area contributed by atoms with Crippen molar-refractivity contribution in [2.75, 3.05) is 0 Å². The van der Waals surface area contributed by atoms with E-state index in [-0.39, 0.29) is 6.42 Å². The summed E-state index contributed by atoms with van der Waals surface area (Å²) in [5.41, 5.74) is 0. The fourth-order valence-electron chi connectivity index (χ4n) is 2.12. The van der Waals surface area contributed by atoms with E-state index in [1.807, 2.05) is 0 Å². The molecule has 4 nitrogen and oxygen atoms in total. The number of rotatable bonds is 12. The maximum Gasteiger partial charge on any atom is 0.306 e. The van der Waals surface area contributed by atoms with Crippen molar-refractivity contribution in [3.8, 4) is 0 Å². The van der Waals surface area contributed by atoms with E-state index in [1.54, 1.807) is 0 Å². The molecule has 108 valence electrons. The van der Waals surface area contributed by atoms with Gasteiger partial charge in [0.2, 0.25) is 0 Å². The van der Waals surface area contributed by atoms with Gasteiger partial charge in [0.15, 0.2) is 6.29 Å². The van der Waals surface area contributed by atoms with Crippen molar-refractivity contribution in [1.82, 2.24) is 0 Å². The number of hydrogen-bond donors (Lipinski definition) is 3. The fourth-order valence-corrected chi connectivity index (χ4v) is 2.12. The van der Waals surface area contributed by atoms with Gasteiger partial charge < -0.3 is 15.3 Å². The molecule has 0 spiro atoms. The molecule has 3 N–H and O–H groups in total. The highest BCUT2D eigenvalue weighted by Crippen LogP contribution is 2.17. The zero-order chi connectivity index (χ0) is 13.8. The topological polar surface area (TPSA) is 77.8 Å². The lowest BCUT2D eigenvalue weighted by molar-refractivity contribution is -0.146. The molecular weight excluding hydrogens is 232 g/mol. The van der Waals surface area contributed by atoms with Crippen molar-refractivity contribution in [3.05, 3.63) is 0 Å². The minimum absolute atomic E-state index is 0.0637. The third kappa shape index (κ3) is 10.5. The lowest BCUT2D eigenvalue weighted by Crippen LogP contribution is -2.20. The van der Waals surface area contributed by atoms with Crippen LogP contribution in [0.5, 0.6) is 0 Å². The molecule has 18 heavy (non-hydrogen) atoms. The Kier molecular flexibility index (Phi) is 11.1. The standard InChI is InChI=1S/C14H28O4/c1-2-3-4-5-6-7-8-9-10-12(14(17)18)11-13(15)16/h12-13,15-16H,2-11H2,1H3,(H,17,18). The number of aliphatic hydroxyl groups excluding tert-OH is 1. The smallest absolute Gasteiger partial charge is 0.306 e. The first-order valence-electron chi connectivity index (χ1n) is 7.16. The zero-order valence-corrected chi connectivity index (χ0v) is 11.5. The summed E-state index contributed by atoms with van der Waals surface area (Å²) in [4.78, 5) is 10.9. The van der Waals surface area contributed by atoms with Crippen LogP contribution in [0.3, 0.4) is 0 Å². The third-order valence-corrected chi connectivity index (χ3v) is 3.25. The number of hydrogen-bond acceptors (Lipinski definition) is 3. The van der Waals surface area contributed by atoms with Crippen LogP contribution in [-0.4, -0.2) is 27.6 Å². The molecule has 0 aliphatic heterocycles. The van der Waals surface area contributed by atoms with Crippen molar-refractivity contribution >= 4 is 5.97 Å². The van der Waals surface area contributed by atoms with Crippen molar-refractivity contribution in [3.63, 3.8) is 0 Å². The second-order valence-electron chi connectivity index (χ2n) is 5.02. The Balaban J connectivity index is 3.47. The van der Waals surface area contributed by atoms with Gasteiger partial charge in [-0.1, -0.05) is 58.3 Å². The molecule has 0 aliphatic carbocycles. The summed E-state index contributed by atoms with van der Waals surface area (Å²) in [6.07, 6.45) is 8.36. The molecule has 0 fully saturated rings. The summed E-state index contributed by atoms with van der Waals surface area (Å²) in [7, 11) is 0. The van der Waals surface area contributed by atoms with Crippen LogP contribution in [0.1, 0.15) is 71.1 Å². The maximum atomic E-state index is 10.9. The monoisotopic (exact) mass is 260 g/mol. The minimum atomic E-state index is -1.51. The Hall–Kier alpha value is -0.610. The molecule has 1 unspecified atom stereocenters. The Labute approximate surface area is 110 Å². The normalized spacial score (nSPS) is 12.9. The van der Waals surface area contributed by atoms with Crippen LogP contribution in [0.15, 0.2) is 0 Å². The molecule has 0 saturated heterocycles. The van der Waals surface area contributed by atoms with E-state index in [2.05, 4.69) is 6.92 Å². The first-order chi connectivity index (χ1) is 8.57. The molecule has 4 heteroatoms. The molecule has 0 aromatic rings. The SMILES string of the molecule is CCCCCCCCCCC(CC(O)O)C(=O)O. The summed E-state index contributed by atoms with van der Waals surface area (Å²) < 4.78 is 0. The Morgan fingerprint density at radius 3 is 1.89 bits per heavy atom. The van der Waals surface area contributed by atoms with Crippen LogP contribution < -0.4 is 0 Å². The second-order valence-corrected chi connectivity index (χ2v) is 5.02. The van der Waals surface area contributed by atoms with Crippen LogP contribution >= 0.6 is 0 Å². The highest BCUT2D eigenvalue weighted by Gasteiger charge is 2.19. The number of unbranched alkanes of at least 4 members (excludes halogenated alkanes) is 7. The molecule has 0 rings (SSSR count). The molecule has 0 amide bonds. The highest BCUT2D eigenvalue weighted by molar-refractivity contribution is 5.69. The van der Waals surface area contributed by atoms with E-state index >= 15 is 0 Å². The second kappa shape index (κ2) is 11.5. The van der Waals surface area contributed by atoms with Gasteiger partial charge in [-0.15, -0.1) is 0 Å². The van der Waals surface area contributed by atoms with E-state index in [4.69, 9.17) is 15.3 Å². The molecule has 1 atom stereocenters. The number of aliphatic hydroxyl groups is 2. The predicted molar refractivity (Wildman–Crippen MR) is 71.2 cm³/mol. The maximum absolute atomic E-state index is 10.9. The summed E-state index contributed by atoms with van der Waals surface area (Å²) >= 11 is 0. The lowest BCUT2D eigenvalue weighted by atomic mass is 9.97. The molecule has 0 bridgehead atoms. The summed E-state index contributed by atoms with van der Waals surface area (Å²) in [6.45, 7) is 2.20. The van der Waals surface area contributed by atoms with Crippen LogP contribution in [0.2, 0.25) is 0 Å². The Morgan fingerprint density at radius 2 is 1.44 bits per heavy atom. The first-order valence-corrected chi connectivity index (χ1v) is 7.16. The average molecular weight is 260 g/mol. The van der Waals surface area contributed by atoms with Gasteiger partial charge in [0.05, 0.1) is 5.92 Å². The zero-order valence-electron chi connectivity index (χ0n) is 11.5. The van der Waals surface area contributed by atoms with E-state index in [9.17, 15) is 4.79 Å². The van der Waals surface area contributed by atoms with Crippen molar-refractivity contribution in [2.45, 2.75) is 77.4 Å². The molecule has 0 radical (unpaired) electrons. The van der Waals surface area contributed by atoms with Crippen LogP contribution in [0, 0.1) is 5.92 Å². The van der Waals surface area contributed by atoms with Crippen LogP contribution in [0.25, 0.3) is 0 Å². The largest absolute Gasteiger partial charge is 0.481 e. The molecule has 0 saturated carbocycles. The summed E-state index contributed by atoms with van der Waals surface area (Å²) in [6, 6.07) is 0. The number of carboxylic acid groups (broad SMARTS) is 1. The van der Waals surface area contributed by atoms with Gasteiger partial charge >= 0.3 is 5.97 Å². The summed E-state index contributed by atoms with van der Waals surface area (Å²) in [5, 5.41) is 26.5. The van der Waals surface area contributed by atoms with Gasteiger partial charge in [0, 0.05) is 6.42 Å². The van der Waals surface area contributed by atoms with Crippen LogP contribution in [0.4, 0.5) is 0 Å². The number of carbonyl (C=O) groups is 1. The van der Waals surface area contributed by atoms with Gasteiger partial charge in [0.1, 0.15) is 0 Å². The highest BCUT2D eigenvalue weighted by atomic mass is 16.5. The Morgan fingerprint density at radius 1 is 0.944 bits per heavy atom. The van der Waals surface area contributed by atoms with Crippen molar-refractivity contribution < 1.29 is 20.1 Å². The van der Waals surface area contributed by atoms with E-state index in [1.165, 1.54) is 32.1 Å². The van der Waals surface area contributed by atoms with E-state index in [0.717, 1.165) is 19.3 Å². The third-order valence-electron chi connectivity index (χ3n) is 3.25.